The van der Waals surface area contributed by atoms with E-state index < -0.39 is 63.8 Å². The number of hydrogen-bond donors (Lipinski definition) is 7. The van der Waals surface area contributed by atoms with E-state index in [1.165, 1.54) is 5.56 Å². The Morgan fingerprint density at radius 2 is 1.28 bits per heavy atom. The Morgan fingerprint density at radius 3 is 1.85 bits per heavy atom. The van der Waals surface area contributed by atoms with E-state index in [2.05, 4.69) is 69.7 Å². The van der Waals surface area contributed by atoms with Gasteiger partial charge in [0.2, 0.25) is 35.4 Å². The van der Waals surface area contributed by atoms with Crippen LogP contribution in [0, 0.1) is 40.4 Å². The fourth-order valence-corrected chi connectivity index (χ4v) is 14.0. The molecule has 5 aliphatic carbocycles. The van der Waals surface area contributed by atoms with Crippen LogP contribution in [-0.2, 0) is 61.9 Å². The molecule has 2 unspecified atom stereocenters. The van der Waals surface area contributed by atoms with Crippen LogP contribution in [0.15, 0.2) is 36.4 Å². The molecule has 5 aliphatic rings. The van der Waals surface area contributed by atoms with E-state index in [1.54, 1.807) is 6.92 Å². The maximum Gasteiger partial charge on any atom is 0.412 e. The van der Waals surface area contributed by atoms with Crippen molar-refractivity contribution < 1.29 is 43.0 Å². The maximum absolute atomic E-state index is 14.9. The SMILES string of the molecule is CC(C)[C@H](NC(=O)C(N)CCCCNC(=O)COC1C#CCCCCC1)C(=O)N[C@@H](C)C(=O)Nc1ccc2c(c1)[C@@]1(C)CCC[C@](C)(C(=O)NC(=O)[C@@]3(C)CCC[C@]4(C)c5cc(NC(=O)OC(C)(C)C)ccc5CC[C@@H]34)[C@@H]1CC2. The van der Waals surface area contributed by atoms with Gasteiger partial charge in [-0.3, -0.25) is 39.4 Å². The van der Waals surface area contributed by atoms with Crippen molar-refractivity contribution in [1.82, 2.24) is 21.3 Å². The van der Waals surface area contributed by atoms with Crippen LogP contribution in [-0.4, -0.2) is 84.5 Å². The van der Waals surface area contributed by atoms with Crippen molar-refractivity contribution in [3.05, 3.63) is 58.7 Å². The fourth-order valence-electron chi connectivity index (χ4n) is 14.0. The van der Waals surface area contributed by atoms with Crippen LogP contribution in [0.2, 0.25) is 0 Å². The molecule has 2 fully saturated rings. The molecule has 0 aromatic heterocycles. The zero-order valence-electron chi connectivity index (χ0n) is 48.9. The number of nitrogens with one attached hydrogen (secondary N) is 6. The van der Waals surface area contributed by atoms with Crippen molar-refractivity contribution in [2.24, 2.45) is 34.3 Å². The molecule has 0 saturated heterocycles. The third-order valence-corrected chi connectivity index (χ3v) is 18.4. The lowest BCUT2D eigenvalue weighted by Crippen LogP contribution is -2.60. The zero-order chi connectivity index (χ0) is 57.5. The number of benzene rings is 2. The molecule has 2 aromatic carbocycles. The van der Waals surface area contributed by atoms with E-state index in [-0.39, 0.29) is 53.6 Å². The summed E-state index contributed by atoms with van der Waals surface area (Å²) in [4.78, 5) is 95.5. The summed E-state index contributed by atoms with van der Waals surface area (Å²) in [5.41, 5.74) is 9.03. The molecule has 79 heavy (non-hydrogen) atoms. The molecule has 2 aromatic rings. The van der Waals surface area contributed by atoms with Gasteiger partial charge in [0, 0.05) is 24.3 Å². The highest BCUT2D eigenvalue weighted by molar-refractivity contribution is 6.01. The second kappa shape index (κ2) is 25.3. The molecule has 16 nitrogen and oxygen atoms in total. The van der Waals surface area contributed by atoms with Gasteiger partial charge in [0.25, 0.3) is 0 Å². The second-order valence-corrected chi connectivity index (χ2v) is 25.8. The fraction of sp³-hybridized carbons (Fsp3) is 0.667. The van der Waals surface area contributed by atoms with Crippen molar-refractivity contribution in [1.29, 1.82) is 0 Å². The van der Waals surface area contributed by atoms with Crippen LogP contribution < -0.4 is 37.6 Å². The van der Waals surface area contributed by atoms with Gasteiger partial charge in [-0.1, -0.05) is 78.9 Å². The van der Waals surface area contributed by atoms with Crippen molar-refractivity contribution in [3.8, 4) is 11.8 Å². The summed E-state index contributed by atoms with van der Waals surface area (Å²) in [5.74, 6) is 3.73. The third kappa shape index (κ3) is 14.2. The number of ether oxygens (including phenoxy) is 2. The number of unbranched alkanes of at least 4 members (excludes halogenated alkanes) is 1. The van der Waals surface area contributed by atoms with Crippen LogP contribution >= 0.6 is 0 Å². The lowest BCUT2D eigenvalue weighted by Gasteiger charge is -2.56. The molecule has 0 spiro atoms. The first-order valence-electron chi connectivity index (χ1n) is 29.4. The lowest BCUT2D eigenvalue weighted by molar-refractivity contribution is -0.150. The highest BCUT2D eigenvalue weighted by Gasteiger charge is 2.58. The molecular formula is C63H91N7O9. The Morgan fingerprint density at radius 1 is 0.696 bits per heavy atom. The summed E-state index contributed by atoms with van der Waals surface area (Å²) in [5, 5.41) is 17.4. The zero-order valence-corrected chi connectivity index (χ0v) is 48.9. The van der Waals surface area contributed by atoms with Crippen molar-refractivity contribution in [3.63, 3.8) is 0 Å². The summed E-state index contributed by atoms with van der Waals surface area (Å²) in [6.07, 6.45) is 13.5. The highest BCUT2D eigenvalue weighted by atomic mass is 16.6. The molecule has 0 bridgehead atoms. The number of rotatable bonds is 18. The number of nitrogens with two attached hydrogens (primary N) is 1. The topological polar surface area (TPSA) is 236 Å². The van der Waals surface area contributed by atoms with Crippen molar-refractivity contribution >= 4 is 52.9 Å². The van der Waals surface area contributed by atoms with E-state index >= 15 is 0 Å². The van der Waals surface area contributed by atoms with Crippen molar-refractivity contribution in [2.75, 3.05) is 23.8 Å². The van der Waals surface area contributed by atoms with Gasteiger partial charge >= 0.3 is 6.09 Å². The standard InChI is InChI=1S/C63H91N7O9/c1-39(2)52(69-54(73)48(64)22-16-17-35-65-51(71)38-78-45-20-14-12-11-13-15-21-45)55(74)66-40(3)53(72)67-43-27-23-41-25-29-49-60(7,46(41)36-43)31-18-33-62(49,9)56(75)70-57(76)63(10)34-19-32-61(8)47-37-44(68-58(77)79-59(4,5)6)28-24-42(47)26-30-50(61)63/h23-24,27-28,36-37,39-40,45,48-50,52H,11-14,16-20,22,25-26,29-35,38,64H2,1-10H3,(H,65,71)(H,66,74)(H,67,72)(H,68,77)(H,69,73)(H,70,75,76)/t40-,45?,48?,49+,50+,52-,60+,61+,62-,63-/m0/s1. The van der Waals surface area contributed by atoms with E-state index in [4.69, 9.17) is 15.2 Å². The van der Waals surface area contributed by atoms with Gasteiger partial charge in [0.1, 0.15) is 30.4 Å². The van der Waals surface area contributed by atoms with Gasteiger partial charge in [-0.2, -0.15) is 0 Å². The second-order valence-electron chi connectivity index (χ2n) is 25.8. The number of carbonyl (C=O) groups excluding carboxylic acids is 7. The molecule has 0 radical (unpaired) electrons. The van der Waals surface area contributed by atoms with Gasteiger partial charge < -0.3 is 36.5 Å². The molecule has 432 valence electrons. The Balaban J connectivity index is 0.922. The summed E-state index contributed by atoms with van der Waals surface area (Å²) < 4.78 is 11.2. The summed E-state index contributed by atoms with van der Waals surface area (Å²) in [7, 11) is 0. The molecule has 7 amide bonds. The van der Waals surface area contributed by atoms with Crippen LogP contribution in [0.1, 0.15) is 194 Å². The van der Waals surface area contributed by atoms with Gasteiger partial charge in [0.05, 0.1) is 16.9 Å². The number of amides is 7. The van der Waals surface area contributed by atoms with Gasteiger partial charge in [-0.25, -0.2) is 4.79 Å². The molecule has 2 saturated carbocycles. The van der Waals surface area contributed by atoms with Crippen LogP contribution in [0.4, 0.5) is 16.2 Å². The average Bonchev–Trinajstić information content (AvgIpc) is 3.55. The average molecular weight is 1090 g/mol. The first-order valence-corrected chi connectivity index (χ1v) is 29.4. The highest BCUT2D eigenvalue weighted by Crippen LogP contribution is 2.60. The van der Waals surface area contributed by atoms with Crippen LogP contribution in [0.3, 0.4) is 0 Å². The number of carbonyl (C=O) groups is 7. The summed E-state index contributed by atoms with van der Waals surface area (Å²) in [6, 6.07) is 9.21. The number of fused-ring (bicyclic) bond motifs is 6. The molecule has 16 heteroatoms. The van der Waals surface area contributed by atoms with E-state index in [9.17, 15) is 33.6 Å². The Hall–Kier alpha value is -5.79. The molecular weight excluding hydrogens is 999 g/mol. The Kier molecular flexibility index (Phi) is 19.5. The largest absolute Gasteiger partial charge is 0.444 e. The molecule has 8 N–H and O–H groups in total. The number of aryl methyl sites for hydroxylation is 2. The summed E-state index contributed by atoms with van der Waals surface area (Å²) in [6.45, 7) is 19.6. The third-order valence-electron chi connectivity index (χ3n) is 18.4. The van der Waals surface area contributed by atoms with Crippen LogP contribution in [0.5, 0.6) is 0 Å². The quantitative estimate of drug-likeness (QED) is 0.0425. The number of hydrogen-bond acceptors (Lipinski definition) is 10. The monoisotopic (exact) mass is 1090 g/mol. The first-order chi connectivity index (χ1) is 37.3. The maximum atomic E-state index is 14.9. The van der Waals surface area contributed by atoms with E-state index in [0.29, 0.717) is 50.0 Å². The van der Waals surface area contributed by atoms with E-state index in [0.717, 1.165) is 100 Å². The number of anilines is 2. The Labute approximate surface area is 469 Å². The van der Waals surface area contributed by atoms with Gasteiger partial charge in [0.15, 0.2) is 0 Å². The summed E-state index contributed by atoms with van der Waals surface area (Å²) >= 11 is 0. The minimum absolute atomic E-state index is 0.0265. The van der Waals surface area contributed by atoms with Crippen molar-refractivity contribution in [2.45, 2.75) is 225 Å². The minimum Gasteiger partial charge on any atom is -0.444 e. The predicted octanol–water partition coefficient (Wildman–Crippen LogP) is 8.95. The molecule has 10 atom stereocenters. The van der Waals surface area contributed by atoms with Crippen LogP contribution in [0.25, 0.3) is 0 Å². The smallest absolute Gasteiger partial charge is 0.412 e. The molecule has 0 aliphatic heterocycles. The minimum atomic E-state index is -0.950. The van der Waals surface area contributed by atoms with Gasteiger partial charge in [-0.05, 0) is 193 Å². The lowest BCUT2D eigenvalue weighted by atomic mass is 9.49. The Bertz CT molecular complexity index is 2670. The number of imide groups is 1. The molecule has 0 heterocycles. The van der Waals surface area contributed by atoms with Gasteiger partial charge in [-0.15, -0.1) is 5.92 Å². The first kappa shape index (κ1) is 60.8. The predicted molar refractivity (Wildman–Crippen MR) is 307 cm³/mol. The normalized spacial score (nSPS) is 27.4. The van der Waals surface area contributed by atoms with E-state index in [1.807, 2.05) is 72.7 Å². The molecule has 7 rings (SSSR count).